The molecule has 0 amide bonds. The summed E-state index contributed by atoms with van der Waals surface area (Å²) in [6.07, 6.45) is 6.12. The molecule has 1 aromatic carbocycles. The van der Waals surface area contributed by atoms with E-state index in [4.69, 9.17) is 10.5 Å². The molecule has 2 aliphatic rings. The first-order chi connectivity index (χ1) is 9.60. The second kappa shape index (κ2) is 5.72. The summed E-state index contributed by atoms with van der Waals surface area (Å²) in [4.78, 5) is 0. The van der Waals surface area contributed by atoms with Gasteiger partial charge in [0.15, 0.2) is 0 Å². The molecule has 0 aliphatic heterocycles. The Morgan fingerprint density at radius 1 is 1.30 bits per heavy atom. The Labute approximate surface area is 120 Å². The van der Waals surface area contributed by atoms with Crippen LogP contribution in [0.3, 0.4) is 0 Å². The lowest BCUT2D eigenvalue weighted by molar-refractivity contribution is 0.194. The van der Waals surface area contributed by atoms with Gasteiger partial charge in [-0.05, 0) is 68.1 Å². The van der Waals surface area contributed by atoms with Crippen LogP contribution in [0.4, 0.5) is 4.39 Å². The van der Waals surface area contributed by atoms with Crippen molar-refractivity contribution in [2.75, 3.05) is 6.61 Å². The minimum atomic E-state index is -0.230. The Morgan fingerprint density at radius 3 is 2.80 bits per heavy atom. The molecular formula is C17H24FNO. The van der Waals surface area contributed by atoms with Crippen molar-refractivity contribution in [2.24, 2.45) is 23.5 Å². The van der Waals surface area contributed by atoms with Gasteiger partial charge in [0.05, 0.1) is 6.61 Å². The Morgan fingerprint density at radius 2 is 2.15 bits per heavy atom. The summed E-state index contributed by atoms with van der Waals surface area (Å²) < 4.78 is 19.5. The fourth-order valence-corrected chi connectivity index (χ4v) is 3.98. The van der Waals surface area contributed by atoms with Gasteiger partial charge in [-0.25, -0.2) is 4.39 Å². The van der Waals surface area contributed by atoms with Gasteiger partial charge in [-0.3, -0.25) is 0 Å². The second-order valence-corrected chi connectivity index (χ2v) is 6.72. The van der Waals surface area contributed by atoms with E-state index in [1.54, 1.807) is 6.07 Å². The fourth-order valence-electron chi connectivity index (χ4n) is 3.98. The molecule has 2 bridgehead atoms. The molecule has 2 saturated carbocycles. The Hall–Kier alpha value is -1.09. The zero-order valence-electron chi connectivity index (χ0n) is 12.1. The van der Waals surface area contributed by atoms with Crippen molar-refractivity contribution in [1.82, 2.24) is 0 Å². The van der Waals surface area contributed by atoms with E-state index in [2.05, 4.69) is 0 Å². The summed E-state index contributed by atoms with van der Waals surface area (Å²) in [5.74, 6) is 2.87. The number of fused-ring (bicyclic) bond motifs is 2. The highest BCUT2D eigenvalue weighted by Crippen LogP contribution is 2.48. The number of rotatable bonds is 5. The van der Waals surface area contributed by atoms with Crippen LogP contribution in [0.15, 0.2) is 18.2 Å². The number of benzene rings is 1. The van der Waals surface area contributed by atoms with Crippen molar-refractivity contribution < 1.29 is 9.13 Å². The SMILES string of the molecule is CC(N)Cc1cc(F)cc(OCC2CC3CCC2C3)c1. The van der Waals surface area contributed by atoms with Crippen LogP contribution in [0.25, 0.3) is 0 Å². The van der Waals surface area contributed by atoms with E-state index < -0.39 is 0 Å². The first-order valence-electron chi connectivity index (χ1n) is 7.78. The molecule has 2 nitrogen and oxygen atoms in total. The number of hydrogen-bond acceptors (Lipinski definition) is 2. The van der Waals surface area contributed by atoms with Crippen LogP contribution >= 0.6 is 0 Å². The smallest absolute Gasteiger partial charge is 0.127 e. The quantitative estimate of drug-likeness (QED) is 0.893. The van der Waals surface area contributed by atoms with E-state index in [1.165, 1.54) is 31.7 Å². The lowest BCUT2D eigenvalue weighted by Crippen LogP contribution is -2.19. The molecule has 20 heavy (non-hydrogen) atoms. The van der Waals surface area contributed by atoms with E-state index in [0.29, 0.717) is 18.1 Å². The summed E-state index contributed by atoms with van der Waals surface area (Å²) in [7, 11) is 0. The van der Waals surface area contributed by atoms with Crippen molar-refractivity contribution >= 4 is 0 Å². The highest BCUT2D eigenvalue weighted by molar-refractivity contribution is 5.30. The van der Waals surface area contributed by atoms with Crippen LogP contribution in [0.5, 0.6) is 5.75 Å². The average Bonchev–Trinajstić information content (AvgIpc) is 2.96. The van der Waals surface area contributed by atoms with Gasteiger partial charge in [0.2, 0.25) is 0 Å². The van der Waals surface area contributed by atoms with Crippen LogP contribution in [0.2, 0.25) is 0 Å². The molecule has 1 aromatic rings. The van der Waals surface area contributed by atoms with Crippen LogP contribution in [0, 0.1) is 23.6 Å². The summed E-state index contributed by atoms with van der Waals surface area (Å²) in [5.41, 5.74) is 6.70. The standard InChI is InChI=1S/C17H24FNO/c1-11(19)4-13-7-16(18)9-17(8-13)20-10-15-6-12-2-3-14(15)5-12/h7-9,11-12,14-15H,2-6,10,19H2,1H3. The van der Waals surface area contributed by atoms with Gasteiger partial charge >= 0.3 is 0 Å². The van der Waals surface area contributed by atoms with Crippen molar-refractivity contribution in [3.05, 3.63) is 29.6 Å². The monoisotopic (exact) mass is 277 g/mol. The molecule has 0 saturated heterocycles. The predicted octanol–water partition coefficient (Wildman–Crippen LogP) is 3.53. The molecule has 2 aliphatic carbocycles. The van der Waals surface area contributed by atoms with Gasteiger partial charge in [0.25, 0.3) is 0 Å². The third-order valence-electron chi connectivity index (χ3n) is 4.84. The molecule has 0 radical (unpaired) electrons. The fraction of sp³-hybridized carbons (Fsp3) is 0.647. The molecule has 0 heterocycles. The molecule has 3 rings (SSSR count). The van der Waals surface area contributed by atoms with Gasteiger partial charge in [-0.15, -0.1) is 0 Å². The van der Waals surface area contributed by atoms with E-state index in [0.717, 1.165) is 24.0 Å². The van der Waals surface area contributed by atoms with E-state index in [1.807, 2.05) is 13.0 Å². The van der Waals surface area contributed by atoms with E-state index in [-0.39, 0.29) is 11.9 Å². The van der Waals surface area contributed by atoms with Crippen LogP contribution in [0.1, 0.15) is 38.2 Å². The van der Waals surface area contributed by atoms with E-state index >= 15 is 0 Å². The molecule has 3 heteroatoms. The minimum Gasteiger partial charge on any atom is -0.493 e. The Kier molecular flexibility index (Phi) is 3.97. The average molecular weight is 277 g/mol. The van der Waals surface area contributed by atoms with Crippen LogP contribution in [-0.4, -0.2) is 12.6 Å². The number of ether oxygens (including phenoxy) is 1. The van der Waals surface area contributed by atoms with E-state index in [9.17, 15) is 4.39 Å². The first kappa shape index (κ1) is 13.9. The topological polar surface area (TPSA) is 35.2 Å². The maximum Gasteiger partial charge on any atom is 0.127 e. The molecule has 2 fully saturated rings. The predicted molar refractivity (Wildman–Crippen MR) is 78.2 cm³/mol. The normalized spacial score (nSPS) is 29.6. The Balaban J connectivity index is 1.60. The van der Waals surface area contributed by atoms with Gasteiger partial charge < -0.3 is 10.5 Å². The largest absolute Gasteiger partial charge is 0.493 e. The third kappa shape index (κ3) is 3.14. The number of halogens is 1. The van der Waals surface area contributed by atoms with Gasteiger partial charge in [0.1, 0.15) is 11.6 Å². The number of hydrogen-bond donors (Lipinski definition) is 1. The van der Waals surface area contributed by atoms with Gasteiger partial charge in [-0.2, -0.15) is 0 Å². The zero-order chi connectivity index (χ0) is 14.1. The number of nitrogens with two attached hydrogens (primary N) is 1. The zero-order valence-corrected chi connectivity index (χ0v) is 12.1. The maximum absolute atomic E-state index is 13.6. The summed E-state index contributed by atoms with van der Waals surface area (Å²) in [5, 5.41) is 0. The first-order valence-corrected chi connectivity index (χ1v) is 7.78. The molecule has 4 atom stereocenters. The summed E-state index contributed by atoms with van der Waals surface area (Å²) in [6, 6.07) is 5.00. The lowest BCUT2D eigenvalue weighted by Gasteiger charge is -2.22. The molecular weight excluding hydrogens is 253 g/mol. The highest BCUT2D eigenvalue weighted by Gasteiger charge is 2.39. The second-order valence-electron chi connectivity index (χ2n) is 6.72. The molecule has 0 spiro atoms. The lowest BCUT2D eigenvalue weighted by atomic mass is 9.89. The Bertz CT molecular complexity index is 474. The minimum absolute atomic E-state index is 0.0372. The van der Waals surface area contributed by atoms with Crippen molar-refractivity contribution in [2.45, 2.75) is 45.1 Å². The van der Waals surface area contributed by atoms with Gasteiger partial charge in [0, 0.05) is 12.1 Å². The summed E-state index contributed by atoms with van der Waals surface area (Å²) >= 11 is 0. The molecule has 2 N–H and O–H groups in total. The van der Waals surface area contributed by atoms with Crippen molar-refractivity contribution in [1.29, 1.82) is 0 Å². The van der Waals surface area contributed by atoms with Gasteiger partial charge in [-0.1, -0.05) is 6.42 Å². The van der Waals surface area contributed by atoms with Crippen molar-refractivity contribution in [3.63, 3.8) is 0 Å². The molecule has 4 unspecified atom stereocenters. The summed E-state index contributed by atoms with van der Waals surface area (Å²) in [6.45, 7) is 2.67. The molecule has 0 aromatic heterocycles. The highest BCUT2D eigenvalue weighted by atomic mass is 19.1. The third-order valence-corrected chi connectivity index (χ3v) is 4.84. The van der Waals surface area contributed by atoms with Crippen LogP contribution < -0.4 is 10.5 Å². The van der Waals surface area contributed by atoms with Crippen LogP contribution in [-0.2, 0) is 6.42 Å². The molecule has 110 valence electrons. The maximum atomic E-state index is 13.6. The van der Waals surface area contributed by atoms with Crippen molar-refractivity contribution in [3.8, 4) is 5.75 Å².